The molecule has 1 saturated heterocycles. The minimum atomic E-state index is -0.649. The van der Waals surface area contributed by atoms with Crippen molar-refractivity contribution in [2.24, 2.45) is 0 Å². The first kappa shape index (κ1) is 10.6. The molecule has 2 unspecified atom stereocenters. The molecule has 1 fully saturated rings. The molecule has 0 amide bonds. The van der Waals surface area contributed by atoms with Gasteiger partial charge in [0.2, 0.25) is 0 Å². The maximum Gasteiger partial charge on any atom is 0.200 e. The molecule has 2 atom stereocenters. The molecule has 1 heterocycles. The summed E-state index contributed by atoms with van der Waals surface area (Å²) in [7, 11) is 0. The average Bonchev–Trinajstić information content (AvgIpc) is 2.30. The Bertz CT molecular complexity index is 321. The van der Waals surface area contributed by atoms with Crippen molar-refractivity contribution in [3.05, 3.63) is 9.66 Å². The monoisotopic (exact) mass is 308 g/mol. The fraction of sp³-hybridized carbons (Fsp3) is 0.700. The highest BCUT2D eigenvalue weighted by molar-refractivity contribution is 14.1. The van der Waals surface area contributed by atoms with E-state index in [9.17, 15) is 4.79 Å². The van der Waals surface area contributed by atoms with E-state index in [0.29, 0.717) is 0 Å². The van der Waals surface area contributed by atoms with Crippen molar-refractivity contribution in [2.75, 3.05) is 0 Å². The van der Waals surface area contributed by atoms with Gasteiger partial charge in [-0.2, -0.15) is 0 Å². The second-order valence-electron chi connectivity index (χ2n) is 4.43. The number of fused-ring (bicyclic) bond motifs is 1. The van der Waals surface area contributed by atoms with Gasteiger partial charge in [-0.25, -0.2) is 0 Å². The van der Waals surface area contributed by atoms with Gasteiger partial charge in [0.1, 0.15) is 5.60 Å². The van der Waals surface area contributed by atoms with Crippen LogP contribution in [0.25, 0.3) is 0 Å². The van der Waals surface area contributed by atoms with Crippen molar-refractivity contribution in [3.63, 3.8) is 0 Å². The summed E-state index contributed by atoms with van der Waals surface area (Å²) in [6.07, 6.45) is 2.23. The van der Waals surface area contributed by atoms with Crippen molar-refractivity contribution in [1.29, 1.82) is 0 Å². The van der Waals surface area contributed by atoms with Crippen LogP contribution in [0, 0.1) is 0 Å². The molecule has 2 aliphatic rings. The van der Waals surface area contributed by atoms with Crippen LogP contribution in [0.15, 0.2) is 9.66 Å². The molecule has 0 saturated carbocycles. The number of carbonyl (C=O) groups excluding carboxylic acids is 1. The first-order valence-corrected chi connectivity index (χ1v) is 5.70. The lowest BCUT2D eigenvalue weighted by atomic mass is 9.88. The van der Waals surface area contributed by atoms with E-state index >= 15 is 0 Å². The topological polar surface area (TPSA) is 35.5 Å². The molecule has 14 heavy (non-hydrogen) atoms. The van der Waals surface area contributed by atoms with E-state index in [-0.39, 0.29) is 5.78 Å². The Labute approximate surface area is 97.0 Å². The molecule has 1 aliphatic heterocycles. The van der Waals surface area contributed by atoms with E-state index in [1.54, 1.807) is 0 Å². The van der Waals surface area contributed by atoms with Crippen LogP contribution in [-0.2, 0) is 14.3 Å². The molecule has 0 spiro atoms. The number of hydrogen-bond acceptors (Lipinski definition) is 3. The van der Waals surface area contributed by atoms with Gasteiger partial charge in [0.05, 0.1) is 3.58 Å². The minimum Gasteiger partial charge on any atom is -0.341 e. The van der Waals surface area contributed by atoms with E-state index in [1.807, 2.05) is 26.8 Å². The summed E-state index contributed by atoms with van der Waals surface area (Å²) in [6, 6.07) is 0. The SMILES string of the molecule is CC1(C)OC2C(=O)C(I)=CCC2(C)O1. The van der Waals surface area contributed by atoms with Gasteiger partial charge in [-0.05, 0) is 49.8 Å². The number of rotatable bonds is 0. The van der Waals surface area contributed by atoms with Gasteiger partial charge in [-0.1, -0.05) is 6.08 Å². The Morgan fingerprint density at radius 1 is 1.50 bits per heavy atom. The van der Waals surface area contributed by atoms with Crippen molar-refractivity contribution >= 4 is 28.4 Å². The second kappa shape index (κ2) is 3.02. The quantitative estimate of drug-likeness (QED) is 0.644. The fourth-order valence-corrected chi connectivity index (χ4v) is 2.55. The summed E-state index contributed by atoms with van der Waals surface area (Å²) in [6.45, 7) is 5.62. The lowest BCUT2D eigenvalue weighted by Crippen LogP contribution is -2.44. The van der Waals surface area contributed by atoms with Crippen molar-refractivity contribution in [1.82, 2.24) is 0 Å². The highest BCUT2D eigenvalue weighted by Crippen LogP contribution is 2.43. The first-order valence-electron chi connectivity index (χ1n) is 4.62. The number of ether oxygens (including phenoxy) is 2. The van der Waals surface area contributed by atoms with Crippen molar-refractivity contribution < 1.29 is 14.3 Å². The summed E-state index contributed by atoms with van der Waals surface area (Å²) in [4.78, 5) is 11.8. The lowest BCUT2D eigenvalue weighted by Gasteiger charge is -2.29. The third-order valence-corrected chi connectivity index (χ3v) is 3.57. The molecular weight excluding hydrogens is 295 g/mol. The van der Waals surface area contributed by atoms with E-state index in [2.05, 4.69) is 22.6 Å². The van der Waals surface area contributed by atoms with E-state index in [1.165, 1.54) is 0 Å². The van der Waals surface area contributed by atoms with Gasteiger partial charge >= 0.3 is 0 Å². The number of halogens is 1. The van der Waals surface area contributed by atoms with Crippen molar-refractivity contribution in [2.45, 2.75) is 44.7 Å². The molecule has 1 aliphatic carbocycles. The van der Waals surface area contributed by atoms with Gasteiger partial charge in [0.25, 0.3) is 0 Å². The second-order valence-corrected chi connectivity index (χ2v) is 5.60. The lowest BCUT2D eigenvalue weighted by molar-refractivity contribution is -0.161. The number of ketones is 1. The average molecular weight is 308 g/mol. The zero-order valence-electron chi connectivity index (χ0n) is 8.46. The minimum absolute atomic E-state index is 0.0462. The molecular formula is C10H13IO3. The number of carbonyl (C=O) groups is 1. The highest BCUT2D eigenvalue weighted by atomic mass is 127. The van der Waals surface area contributed by atoms with Crippen LogP contribution >= 0.6 is 22.6 Å². The third kappa shape index (κ3) is 1.53. The molecule has 0 aromatic carbocycles. The summed E-state index contributed by atoms with van der Waals surface area (Å²) >= 11 is 2.05. The summed E-state index contributed by atoms with van der Waals surface area (Å²) in [5.41, 5.74) is -0.477. The largest absolute Gasteiger partial charge is 0.341 e. The molecule has 0 N–H and O–H groups in total. The van der Waals surface area contributed by atoms with Crippen LogP contribution in [-0.4, -0.2) is 23.3 Å². The summed E-state index contributed by atoms with van der Waals surface area (Å²) in [5.74, 6) is -0.602. The normalized spacial score (nSPS) is 40.7. The van der Waals surface area contributed by atoms with Crippen LogP contribution in [0.3, 0.4) is 0 Å². The highest BCUT2D eigenvalue weighted by Gasteiger charge is 2.54. The van der Waals surface area contributed by atoms with E-state index < -0.39 is 17.5 Å². The van der Waals surface area contributed by atoms with Gasteiger partial charge in [-0.3, -0.25) is 4.79 Å². The molecule has 2 rings (SSSR count). The van der Waals surface area contributed by atoms with Crippen LogP contribution in [0.5, 0.6) is 0 Å². The molecule has 3 nitrogen and oxygen atoms in total. The Hall–Kier alpha value is 0.0600. The van der Waals surface area contributed by atoms with Crippen LogP contribution in [0.1, 0.15) is 27.2 Å². The van der Waals surface area contributed by atoms with Gasteiger partial charge in [0, 0.05) is 0 Å². The molecule has 0 radical (unpaired) electrons. The standard InChI is InChI=1S/C10H13IO3/c1-9(2)13-8-7(12)6(11)4-5-10(8,3)14-9/h4,8H,5H2,1-3H3. The van der Waals surface area contributed by atoms with Gasteiger partial charge in [0.15, 0.2) is 17.7 Å². The molecule has 0 aromatic rings. The zero-order chi connectivity index (χ0) is 10.6. The molecule has 0 bridgehead atoms. The Kier molecular flexibility index (Phi) is 2.28. The van der Waals surface area contributed by atoms with Crippen LogP contribution in [0.4, 0.5) is 0 Å². The maximum absolute atomic E-state index is 11.8. The molecule has 78 valence electrons. The van der Waals surface area contributed by atoms with Gasteiger partial charge < -0.3 is 9.47 Å². The third-order valence-electron chi connectivity index (χ3n) is 2.60. The first-order chi connectivity index (χ1) is 6.34. The van der Waals surface area contributed by atoms with E-state index in [4.69, 9.17) is 9.47 Å². The van der Waals surface area contributed by atoms with Crippen LogP contribution < -0.4 is 0 Å². The fourth-order valence-electron chi connectivity index (χ4n) is 2.05. The van der Waals surface area contributed by atoms with Crippen LogP contribution in [0.2, 0.25) is 0 Å². The number of Topliss-reactive ketones (excluding diaryl/α,β-unsaturated/α-hetero) is 1. The predicted octanol–water partition coefficient (Wildman–Crippen LogP) is 2.19. The predicted molar refractivity (Wildman–Crippen MR) is 60.2 cm³/mol. The maximum atomic E-state index is 11.8. The van der Waals surface area contributed by atoms with E-state index in [0.717, 1.165) is 10.0 Å². The smallest absolute Gasteiger partial charge is 0.200 e. The van der Waals surface area contributed by atoms with Crippen molar-refractivity contribution in [3.8, 4) is 0 Å². The Morgan fingerprint density at radius 2 is 2.14 bits per heavy atom. The Balaban J connectivity index is 2.35. The Morgan fingerprint density at radius 3 is 2.79 bits per heavy atom. The molecule has 0 aromatic heterocycles. The number of hydrogen-bond donors (Lipinski definition) is 0. The summed E-state index contributed by atoms with van der Waals surface area (Å²) in [5, 5.41) is 0. The summed E-state index contributed by atoms with van der Waals surface area (Å²) < 4.78 is 12.1. The van der Waals surface area contributed by atoms with Gasteiger partial charge in [-0.15, -0.1) is 0 Å². The molecule has 4 heteroatoms. The zero-order valence-corrected chi connectivity index (χ0v) is 10.6.